The normalized spacial score (nSPS) is 10.4. The van der Waals surface area contributed by atoms with Crippen molar-refractivity contribution in [3.8, 4) is 0 Å². The van der Waals surface area contributed by atoms with E-state index in [0.717, 1.165) is 0 Å². The van der Waals surface area contributed by atoms with E-state index in [0.29, 0.717) is 11.3 Å². The van der Waals surface area contributed by atoms with Crippen molar-refractivity contribution >= 4 is 33.1 Å². The summed E-state index contributed by atoms with van der Waals surface area (Å²) >= 11 is 3.03. The van der Waals surface area contributed by atoms with Gasteiger partial charge in [0.05, 0.1) is 28.5 Å². The minimum absolute atomic E-state index is 0.0909. The molecule has 11 heteroatoms. The lowest BCUT2D eigenvalue weighted by Gasteiger charge is -2.07. The third-order valence-corrected chi connectivity index (χ3v) is 3.22. The summed E-state index contributed by atoms with van der Waals surface area (Å²) in [6.45, 7) is 0.0909. The van der Waals surface area contributed by atoms with Gasteiger partial charge in [-0.2, -0.15) is 4.68 Å². The first-order valence-corrected chi connectivity index (χ1v) is 6.33. The van der Waals surface area contributed by atoms with Crippen LogP contribution >= 0.6 is 15.9 Å². The fraction of sp³-hybridized carbons (Fsp3) is 0.100. The van der Waals surface area contributed by atoms with Gasteiger partial charge in [0.1, 0.15) is 4.47 Å². The first-order valence-electron chi connectivity index (χ1n) is 5.53. The molecule has 0 spiro atoms. The summed E-state index contributed by atoms with van der Waals surface area (Å²) in [5.41, 5.74) is 3.26. The maximum Gasteiger partial charge on any atom is 0.404 e. The van der Waals surface area contributed by atoms with Crippen molar-refractivity contribution in [2.75, 3.05) is 5.43 Å². The molecule has 0 amide bonds. The van der Waals surface area contributed by atoms with Crippen LogP contribution in [0.2, 0.25) is 0 Å². The topological polar surface area (TPSA) is 142 Å². The molecule has 0 aliphatic heterocycles. The van der Waals surface area contributed by atoms with Crippen LogP contribution in [0.3, 0.4) is 0 Å². The minimum Gasteiger partial charge on any atom is -0.358 e. The van der Waals surface area contributed by atoms with E-state index in [1.807, 2.05) is 0 Å². The van der Waals surface area contributed by atoms with Crippen LogP contribution in [-0.2, 0) is 6.54 Å². The van der Waals surface area contributed by atoms with Crippen LogP contribution in [-0.4, -0.2) is 19.6 Å². The van der Waals surface area contributed by atoms with E-state index in [9.17, 15) is 20.2 Å². The number of nitro groups is 2. The molecule has 0 aliphatic rings. The van der Waals surface area contributed by atoms with Gasteiger partial charge < -0.3 is 15.5 Å². The molecular weight excluding hydrogens is 348 g/mol. The fourth-order valence-corrected chi connectivity index (χ4v) is 2.19. The number of hydrogen-bond donors (Lipinski definition) is 2. The molecule has 110 valence electrons. The van der Waals surface area contributed by atoms with Gasteiger partial charge in [0, 0.05) is 17.7 Å². The standard InChI is InChI=1S/C10H9BrN6O4/c11-8-5-15(14-10(8)17(20)21)4-6-3-7(16(18)19)1-2-9(6)13-12/h1-3,5,13H,4,12H2. The van der Waals surface area contributed by atoms with Crippen molar-refractivity contribution in [3.63, 3.8) is 0 Å². The van der Waals surface area contributed by atoms with Crippen molar-refractivity contribution in [3.05, 3.63) is 54.7 Å². The Balaban J connectivity index is 2.38. The fourth-order valence-electron chi connectivity index (χ4n) is 1.73. The summed E-state index contributed by atoms with van der Waals surface area (Å²) in [5, 5.41) is 25.3. The lowest BCUT2D eigenvalue weighted by atomic mass is 10.1. The average molecular weight is 357 g/mol. The molecule has 1 aromatic carbocycles. The van der Waals surface area contributed by atoms with E-state index in [-0.39, 0.29) is 22.5 Å². The molecular formula is C10H9BrN6O4. The SMILES string of the molecule is NNc1ccc([N+](=O)[O-])cc1Cn1cc(Br)c([N+](=O)[O-])n1. The number of benzene rings is 1. The number of non-ortho nitro benzene ring substituents is 1. The Morgan fingerprint density at radius 2 is 2.05 bits per heavy atom. The highest BCUT2D eigenvalue weighted by Gasteiger charge is 2.20. The summed E-state index contributed by atoms with van der Waals surface area (Å²) in [7, 11) is 0. The highest BCUT2D eigenvalue weighted by atomic mass is 79.9. The van der Waals surface area contributed by atoms with Gasteiger partial charge in [-0.05, 0) is 26.9 Å². The second kappa shape index (κ2) is 5.85. The first-order chi connectivity index (χ1) is 9.92. The number of hydrazine groups is 1. The van der Waals surface area contributed by atoms with Gasteiger partial charge in [-0.3, -0.25) is 16.0 Å². The predicted octanol–water partition coefficient (Wildman–Crippen LogP) is 1.80. The van der Waals surface area contributed by atoms with Crippen LogP contribution < -0.4 is 11.3 Å². The van der Waals surface area contributed by atoms with Crippen molar-refractivity contribution < 1.29 is 9.85 Å². The minimum atomic E-state index is -0.629. The molecule has 0 radical (unpaired) electrons. The molecule has 0 fully saturated rings. The molecule has 1 aromatic heterocycles. The summed E-state index contributed by atoms with van der Waals surface area (Å²) in [6.07, 6.45) is 1.41. The maximum atomic E-state index is 10.8. The van der Waals surface area contributed by atoms with Crippen molar-refractivity contribution in [1.82, 2.24) is 9.78 Å². The van der Waals surface area contributed by atoms with Gasteiger partial charge in [0.25, 0.3) is 5.69 Å². The smallest absolute Gasteiger partial charge is 0.358 e. The summed E-state index contributed by atoms with van der Waals surface area (Å²) in [6, 6.07) is 4.09. The van der Waals surface area contributed by atoms with Crippen LogP contribution in [0.15, 0.2) is 28.9 Å². The number of rotatable bonds is 5. The molecule has 1 heterocycles. The van der Waals surface area contributed by atoms with Crippen LogP contribution in [0.5, 0.6) is 0 Å². The zero-order valence-electron chi connectivity index (χ0n) is 10.4. The second-order valence-electron chi connectivity index (χ2n) is 4.00. The number of anilines is 1. The number of hydrogen-bond acceptors (Lipinski definition) is 7. The summed E-state index contributed by atoms with van der Waals surface area (Å²) in [5.74, 6) is 5.02. The number of aromatic nitrogens is 2. The largest absolute Gasteiger partial charge is 0.404 e. The third-order valence-electron chi connectivity index (χ3n) is 2.66. The number of nitrogen functional groups attached to an aromatic ring is 1. The van der Waals surface area contributed by atoms with Crippen LogP contribution in [0, 0.1) is 20.2 Å². The van der Waals surface area contributed by atoms with E-state index in [1.54, 1.807) is 0 Å². The molecule has 0 saturated carbocycles. The second-order valence-corrected chi connectivity index (χ2v) is 4.85. The van der Waals surface area contributed by atoms with E-state index in [4.69, 9.17) is 5.84 Å². The Bertz CT molecular complexity index is 716. The number of nitrogens with one attached hydrogen (secondary N) is 1. The van der Waals surface area contributed by atoms with E-state index in [2.05, 4.69) is 26.5 Å². The Morgan fingerprint density at radius 1 is 1.33 bits per heavy atom. The number of nitrogens with two attached hydrogens (primary N) is 1. The monoisotopic (exact) mass is 356 g/mol. The van der Waals surface area contributed by atoms with Crippen molar-refractivity contribution in [1.29, 1.82) is 0 Å². The molecule has 0 saturated heterocycles. The molecule has 0 bridgehead atoms. The average Bonchev–Trinajstić information content (AvgIpc) is 2.79. The number of nitrogens with zero attached hydrogens (tertiary/aromatic N) is 4. The Kier molecular flexibility index (Phi) is 4.14. The summed E-state index contributed by atoms with van der Waals surface area (Å²) < 4.78 is 1.52. The van der Waals surface area contributed by atoms with Crippen LogP contribution in [0.1, 0.15) is 5.56 Å². The van der Waals surface area contributed by atoms with Crippen LogP contribution in [0.4, 0.5) is 17.2 Å². The third kappa shape index (κ3) is 3.14. The zero-order valence-corrected chi connectivity index (χ0v) is 12.0. The van der Waals surface area contributed by atoms with Crippen molar-refractivity contribution in [2.45, 2.75) is 6.54 Å². The summed E-state index contributed by atoms with van der Waals surface area (Å²) in [4.78, 5) is 20.4. The number of nitro benzene ring substituents is 1. The van der Waals surface area contributed by atoms with Crippen LogP contribution in [0.25, 0.3) is 0 Å². The lowest BCUT2D eigenvalue weighted by molar-refractivity contribution is -0.390. The molecule has 0 aliphatic carbocycles. The van der Waals surface area contributed by atoms with E-state index in [1.165, 1.54) is 29.1 Å². The van der Waals surface area contributed by atoms with Crippen molar-refractivity contribution in [2.24, 2.45) is 5.84 Å². The zero-order chi connectivity index (χ0) is 15.6. The first kappa shape index (κ1) is 14.9. The molecule has 2 aromatic rings. The highest BCUT2D eigenvalue weighted by Crippen LogP contribution is 2.25. The lowest BCUT2D eigenvalue weighted by Crippen LogP contribution is -2.11. The molecule has 3 N–H and O–H groups in total. The highest BCUT2D eigenvalue weighted by molar-refractivity contribution is 9.10. The Labute approximate surface area is 125 Å². The maximum absolute atomic E-state index is 10.8. The molecule has 0 unspecified atom stereocenters. The molecule has 2 rings (SSSR count). The quantitative estimate of drug-likeness (QED) is 0.472. The van der Waals surface area contributed by atoms with Gasteiger partial charge >= 0.3 is 5.82 Å². The molecule has 0 atom stereocenters. The van der Waals surface area contributed by atoms with E-state index < -0.39 is 9.85 Å². The molecule has 21 heavy (non-hydrogen) atoms. The van der Waals surface area contributed by atoms with Gasteiger partial charge in [0.15, 0.2) is 0 Å². The van der Waals surface area contributed by atoms with E-state index >= 15 is 0 Å². The Hall–Kier alpha value is -2.53. The predicted molar refractivity (Wildman–Crippen MR) is 76.6 cm³/mol. The van der Waals surface area contributed by atoms with Gasteiger partial charge in [-0.25, -0.2) is 0 Å². The van der Waals surface area contributed by atoms with Gasteiger partial charge in [-0.15, -0.1) is 0 Å². The molecule has 10 nitrogen and oxygen atoms in total. The number of halogens is 1. The van der Waals surface area contributed by atoms with Gasteiger partial charge in [0.2, 0.25) is 0 Å². The van der Waals surface area contributed by atoms with Gasteiger partial charge in [-0.1, -0.05) is 0 Å². The Morgan fingerprint density at radius 3 is 2.57 bits per heavy atom.